The molecule has 0 aliphatic carbocycles. The number of benzene rings is 1. The van der Waals surface area contributed by atoms with Gasteiger partial charge in [-0.3, -0.25) is 0 Å². The Hall–Kier alpha value is -0.700. The Morgan fingerprint density at radius 2 is 2.10 bits per heavy atom. The lowest BCUT2D eigenvalue weighted by atomic mass is 10.1. The lowest BCUT2D eigenvalue weighted by Gasteiger charge is -2.25. The van der Waals surface area contributed by atoms with E-state index in [1.165, 1.54) is 0 Å². The molecular weight excluding hydrogens is 362 g/mol. The average Bonchev–Trinajstić information content (AvgIpc) is 2.52. The van der Waals surface area contributed by atoms with Crippen LogP contribution in [0.25, 0.3) is 11.0 Å². The van der Waals surface area contributed by atoms with Crippen LogP contribution in [-0.2, 0) is 16.6 Å². The van der Waals surface area contributed by atoms with Crippen LogP contribution in [0.5, 0.6) is 0 Å². The highest BCUT2D eigenvalue weighted by molar-refractivity contribution is 9.10. The molecule has 1 aromatic carbocycles. The van der Waals surface area contributed by atoms with Gasteiger partial charge >= 0.3 is 0 Å². The molecule has 2 rings (SSSR count). The van der Waals surface area contributed by atoms with Gasteiger partial charge in [0.1, 0.15) is 0 Å². The molecule has 0 amide bonds. The number of fused-ring (bicyclic) bond motifs is 1. The van der Waals surface area contributed by atoms with Crippen LogP contribution in [0.4, 0.5) is 0 Å². The smallest absolute Gasteiger partial charge is 0.209 e. The minimum atomic E-state index is -3.28. The summed E-state index contributed by atoms with van der Waals surface area (Å²) in [6.07, 6.45) is 1.15. The predicted molar refractivity (Wildman–Crippen MR) is 86.9 cm³/mol. The van der Waals surface area contributed by atoms with E-state index in [1.54, 1.807) is 0 Å². The third-order valence-corrected chi connectivity index (χ3v) is 4.49. The van der Waals surface area contributed by atoms with E-state index in [0.29, 0.717) is 11.3 Å². The molecule has 8 heteroatoms. The molecule has 0 aliphatic heterocycles. The molecule has 1 aromatic heterocycles. The first-order valence-electron chi connectivity index (χ1n) is 5.94. The number of nitrogens with zero attached hydrogens (tertiary/aromatic N) is 1. The van der Waals surface area contributed by atoms with E-state index in [2.05, 4.69) is 25.6 Å². The number of imidazole rings is 1. The van der Waals surface area contributed by atoms with Gasteiger partial charge in [-0.15, -0.1) is 0 Å². The molecule has 2 aromatic rings. The fourth-order valence-corrected chi connectivity index (χ4v) is 3.90. The van der Waals surface area contributed by atoms with Gasteiger partial charge in [-0.05, 0) is 44.3 Å². The monoisotopic (exact) mass is 377 g/mol. The van der Waals surface area contributed by atoms with Crippen molar-refractivity contribution in [2.45, 2.75) is 25.9 Å². The normalized spacial score (nSPS) is 13.0. The van der Waals surface area contributed by atoms with Crippen molar-refractivity contribution in [3.8, 4) is 0 Å². The largest absolute Gasteiger partial charge is 0.331 e. The van der Waals surface area contributed by atoms with Crippen LogP contribution in [0.15, 0.2) is 22.7 Å². The molecule has 0 saturated heterocycles. The number of nitrogens with one attached hydrogen (secondary N) is 2. The molecule has 0 radical (unpaired) electrons. The minimum absolute atomic E-state index is 0.440. The second-order valence-electron chi connectivity index (χ2n) is 5.44. The first-order chi connectivity index (χ1) is 9.07. The first-order valence-corrected chi connectivity index (χ1v) is 9.04. The van der Waals surface area contributed by atoms with Crippen molar-refractivity contribution in [1.82, 2.24) is 14.3 Å². The van der Waals surface area contributed by atoms with E-state index >= 15 is 0 Å². The third kappa shape index (κ3) is 3.69. The van der Waals surface area contributed by atoms with E-state index in [1.807, 2.05) is 36.6 Å². The molecule has 0 atom stereocenters. The molecule has 0 spiro atoms. The summed E-state index contributed by atoms with van der Waals surface area (Å²) in [6.45, 7) is 4.09. The molecule has 2 N–H and O–H groups in total. The fraction of sp³-hybridized carbons (Fsp3) is 0.417. The summed E-state index contributed by atoms with van der Waals surface area (Å²) < 4.78 is 28.9. The van der Waals surface area contributed by atoms with Crippen molar-refractivity contribution in [3.63, 3.8) is 0 Å². The van der Waals surface area contributed by atoms with Crippen molar-refractivity contribution in [2.75, 3.05) is 6.26 Å². The van der Waals surface area contributed by atoms with E-state index in [-0.39, 0.29) is 0 Å². The Labute approximate surface area is 131 Å². The Morgan fingerprint density at radius 1 is 1.45 bits per heavy atom. The van der Waals surface area contributed by atoms with Gasteiger partial charge in [0.15, 0.2) is 4.77 Å². The topological polar surface area (TPSA) is 66.9 Å². The zero-order chi connectivity index (χ0) is 15.1. The Balaban J connectivity index is 2.46. The van der Waals surface area contributed by atoms with Gasteiger partial charge in [-0.25, -0.2) is 13.1 Å². The van der Waals surface area contributed by atoms with E-state index in [4.69, 9.17) is 12.2 Å². The summed E-state index contributed by atoms with van der Waals surface area (Å²) >= 11 is 8.75. The average molecular weight is 378 g/mol. The number of H-pyrrole nitrogens is 1. The van der Waals surface area contributed by atoms with Gasteiger partial charge in [0, 0.05) is 16.6 Å². The summed E-state index contributed by atoms with van der Waals surface area (Å²) in [4.78, 5) is 3.12. The van der Waals surface area contributed by atoms with Crippen LogP contribution < -0.4 is 4.72 Å². The SMILES string of the molecule is CC(C)(Cn1c(=S)[nH]c2ccc(Br)cc21)NS(C)(=O)=O. The Bertz CT molecular complexity index is 806. The zero-order valence-electron chi connectivity index (χ0n) is 11.4. The third-order valence-electron chi connectivity index (χ3n) is 2.75. The summed E-state index contributed by atoms with van der Waals surface area (Å²) in [6, 6.07) is 5.82. The highest BCUT2D eigenvalue weighted by Gasteiger charge is 2.24. The maximum Gasteiger partial charge on any atom is 0.209 e. The molecule has 110 valence electrons. The number of hydrogen-bond acceptors (Lipinski definition) is 3. The minimum Gasteiger partial charge on any atom is -0.331 e. The molecule has 5 nitrogen and oxygen atoms in total. The van der Waals surface area contributed by atoms with E-state index in [9.17, 15) is 8.42 Å². The Morgan fingerprint density at radius 3 is 2.70 bits per heavy atom. The quantitative estimate of drug-likeness (QED) is 0.804. The zero-order valence-corrected chi connectivity index (χ0v) is 14.6. The maximum absolute atomic E-state index is 11.4. The van der Waals surface area contributed by atoms with Gasteiger partial charge in [0.05, 0.1) is 17.3 Å². The molecule has 0 fully saturated rings. The number of rotatable bonds is 4. The molecule has 0 saturated carbocycles. The van der Waals surface area contributed by atoms with Crippen molar-refractivity contribution < 1.29 is 8.42 Å². The van der Waals surface area contributed by atoms with E-state index in [0.717, 1.165) is 21.8 Å². The number of aromatic amines is 1. The van der Waals surface area contributed by atoms with Gasteiger partial charge in [-0.1, -0.05) is 15.9 Å². The van der Waals surface area contributed by atoms with Crippen molar-refractivity contribution in [1.29, 1.82) is 0 Å². The maximum atomic E-state index is 11.4. The Kier molecular flexibility index (Phi) is 4.12. The van der Waals surface area contributed by atoms with Gasteiger partial charge < -0.3 is 9.55 Å². The lowest BCUT2D eigenvalue weighted by molar-refractivity contribution is 0.394. The molecule has 0 unspecified atom stereocenters. The standard InChI is InChI=1S/C12H16BrN3O2S2/c1-12(2,15-20(3,17)18)7-16-10-6-8(13)4-5-9(10)14-11(16)19/h4-6,15H,7H2,1-3H3,(H,14,19). The summed E-state index contributed by atoms with van der Waals surface area (Å²) in [5.41, 5.74) is 1.23. The summed E-state index contributed by atoms with van der Waals surface area (Å²) in [5.74, 6) is 0. The summed E-state index contributed by atoms with van der Waals surface area (Å²) in [5, 5.41) is 0. The molecule has 1 heterocycles. The van der Waals surface area contributed by atoms with Crippen LogP contribution >= 0.6 is 28.1 Å². The number of halogens is 1. The van der Waals surface area contributed by atoms with Gasteiger partial charge in [-0.2, -0.15) is 0 Å². The van der Waals surface area contributed by atoms with E-state index < -0.39 is 15.6 Å². The van der Waals surface area contributed by atoms with Gasteiger partial charge in [0.2, 0.25) is 10.0 Å². The second-order valence-corrected chi connectivity index (χ2v) is 8.49. The van der Waals surface area contributed by atoms with Crippen LogP contribution in [0, 0.1) is 4.77 Å². The van der Waals surface area contributed by atoms with Crippen LogP contribution in [0.2, 0.25) is 0 Å². The molecular formula is C12H16BrN3O2S2. The molecule has 20 heavy (non-hydrogen) atoms. The van der Waals surface area contributed by atoms with Crippen LogP contribution in [0.3, 0.4) is 0 Å². The number of sulfonamides is 1. The fourth-order valence-electron chi connectivity index (χ4n) is 2.21. The predicted octanol–water partition coefficient (Wildman–Crippen LogP) is 2.79. The molecule has 0 bridgehead atoms. The van der Waals surface area contributed by atoms with Crippen LogP contribution in [0.1, 0.15) is 13.8 Å². The van der Waals surface area contributed by atoms with Crippen molar-refractivity contribution in [3.05, 3.63) is 27.4 Å². The lowest BCUT2D eigenvalue weighted by Crippen LogP contribution is -2.46. The highest BCUT2D eigenvalue weighted by atomic mass is 79.9. The number of aromatic nitrogens is 2. The molecule has 0 aliphatic rings. The van der Waals surface area contributed by atoms with Gasteiger partial charge in [0.25, 0.3) is 0 Å². The second kappa shape index (κ2) is 5.25. The van der Waals surface area contributed by atoms with Crippen molar-refractivity contribution in [2.24, 2.45) is 0 Å². The first kappa shape index (κ1) is 15.7. The van der Waals surface area contributed by atoms with Crippen LogP contribution in [-0.4, -0.2) is 29.8 Å². The highest BCUT2D eigenvalue weighted by Crippen LogP contribution is 2.21. The summed E-state index contributed by atoms with van der Waals surface area (Å²) in [7, 11) is -3.28. The van der Waals surface area contributed by atoms with Crippen molar-refractivity contribution >= 4 is 49.2 Å². The number of hydrogen-bond donors (Lipinski definition) is 2.